The van der Waals surface area contributed by atoms with Gasteiger partial charge in [0.1, 0.15) is 30.0 Å². The molecule has 19 heteroatoms. The number of nitrogens with zero attached hydrogens (tertiary/aromatic N) is 5. The summed E-state index contributed by atoms with van der Waals surface area (Å²) in [6.07, 6.45) is 3.28. The van der Waals surface area contributed by atoms with Gasteiger partial charge in [-0.2, -0.15) is 0 Å². The third-order valence-corrected chi connectivity index (χ3v) is 12.5. The molecule has 0 aromatic heterocycles. The lowest BCUT2D eigenvalue weighted by Crippen LogP contribution is -2.63. The van der Waals surface area contributed by atoms with Crippen molar-refractivity contribution in [2.75, 3.05) is 45.8 Å². The van der Waals surface area contributed by atoms with E-state index in [1.54, 1.807) is 14.7 Å². The van der Waals surface area contributed by atoms with Crippen LogP contribution in [0.1, 0.15) is 93.6 Å². The van der Waals surface area contributed by atoms with Gasteiger partial charge < -0.3 is 41.5 Å². The maximum atomic E-state index is 14.9. The van der Waals surface area contributed by atoms with Crippen molar-refractivity contribution in [3.8, 4) is 0 Å². The van der Waals surface area contributed by atoms with E-state index in [2.05, 4.69) is 44.2 Å². The van der Waals surface area contributed by atoms with Crippen molar-refractivity contribution in [3.63, 3.8) is 0 Å². The molecule has 1 aromatic rings. The molecule has 3 unspecified atom stereocenters. The summed E-state index contributed by atoms with van der Waals surface area (Å²) in [6.45, 7) is 20.0. The topological polar surface area (TPSA) is 234 Å². The molecule has 3 saturated heterocycles. The summed E-state index contributed by atoms with van der Waals surface area (Å²) in [5.74, 6) is -4.41. The molecule has 8 atom stereocenters. The smallest absolute Gasteiger partial charge is 0.317 e. The number of carboxylic acid groups (broad SMARTS) is 1. The third-order valence-electron chi connectivity index (χ3n) is 12.4. The van der Waals surface area contributed by atoms with Crippen molar-refractivity contribution in [2.24, 2.45) is 32.7 Å². The van der Waals surface area contributed by atoms with Crippen molar-refractivity contribution in [1.82, 2.24) is 41.3 Å². The van der Waals surface area contributed by atoms with E-state index >= 15 is 0 Å². The Morgan fingerprint density at radius 1 is 0.909 bits per heavy atom. The molecule has 0 spiro atoms. The van der Waals surface area contributed by atoms with Crippen LogP contribution in [0.3, 0.4) is 0 Å². The number of benzene rings is 1. The monoisotopic (exact) mass is 937 g/mol. The number of carbonyl (C=O) groups excluding carboxylic acids is 6. The lowest BCUT2D eigenvalue weighted by Gasteiger charge is -2.38. The second-order valence-corrected chi connectivity index (χ2v) is 20.4. The summed E-state index contributed by atoms with van der Waals surface area (Å²) in [5.41, 5.74) is -0.850. The first-order valence-electron chi connectivity index (χ1n) is 22.8. The van der Waals surface area contributed by atoms with Crippen LogP contribution in [0.5, 0.6) is 0 Å². The predicted molar refractivity (Wildman–Crippen MR) is 257 cm³/mol. The lowest BCUT2D eigenvalue weighted by atomic mass is 9.83. The number of amides is 6. The summed E-state index contributed by atoms with van der Waals surface area (Å²) in [6, 6.07) is 3.37. The molecule has 6 N–H and O–H groups in total. The Morgan fingerprint density at radius 2 is 1.56 bits per heavy atom. The van der Waals surface area contributed by atoms with Crippen LogP contribution in [0.25, 0.3) is 0 Å². The Bertz CT molecular complexity index is 1990. The number of fused-ring (bicyclic) bond motifs is 1. The fourth-order valence-electron chi connectivity index (χ4n) is 8.47. The zero-order valence-corrected chi connectivity index (χ0v) is 41.1. The Labute approximate surface area is 395 Å². The quantitative estimate of drug-likeness (QED) is 0.106. The van der Waals surface area contributed by atoms with Crippen molar-refractivity contribution < 1.29 is 38.7 Å². The molecule has 66 heavy (non-hydrogen) atoms. The van der Waals surface area contributed by atoms with Gasteiger partial charge in [-0.1, -0.05) is 99.6 Å². The number of amidine groups is 1. The van der Waals surface area contributed by atoms with Gasteiger partial charge in [0.15, 0.2) is 0 Å². The Kier molecular flexibility index (Phi) is 18.9. The number of nitrogens with one attached hydrogen (secondary N) is 5. The average molecular weight is 937 g/mol. The highest BCUT2D eigenvalue weighted by Gasteiger charge is 2.44. The third kappa shape index (κ3) is 14.6. The number of thiol groups is 1. The lowest BCUT2D eigenvalue weighted by molar-refractivity contribution is -0.140. The second-order valence-electron chi connectivity index (χ2n) is 20.1. The molecule has 1 aromatic carbocycles. The van der Waals surface area contributed by atoms with E-state index in [0.717, 1.165) is 5.56 Å². The first kappa shape index (κ1) is 53.3. The second kappa shape index (κ2) is 23.4. The largest absolute Gasteiger partial charge is 0.480 e. The highest BCUT2D eigenvalue weighted by molar-refractivity contribution is 7.83. The standard InChI is InChI=1S/C47H72N10O8S/c1-28(2)36-42(62)54-39(46(5,6)7)41(49-26-34(59)57-18-16-29(3)38(57)44(64)51-36)53-40(47(8,9)10)45(65)52-37(30(4)31-14-12-11-13-15-31)43(63)50-32(25-48-17-23-66)24-33(58)56-21-19-55(20-22-56)27-35(60)61/h11-15,17,23,25,28-30,32,36-40,66H,16,18-22,24,26-27H2,1-10H3,(H,49,53)(H,50,63)(H,51,64)(H,52,65)(H,54,62)(H,60,61)/b23-17-,48-25+/t29-,30+,32-,36+,37?,38+,39?,40?/m1/s1. The molecule has 3 heterocycles. The molecule has 0 saturated carbocycles. The molecule has 3 aliphatic heterocycles. The van der Waals surface area contributed by atoms with Crippen molar-refractivity contribution >= 4 is 66.1 Å². The number of carboxylic acids is 1. The van der Waals surface area contributed by atoms with Gasteiger partial charge in [-0.15, -0.1) is 12.6 Å². The maximum absolute atomic E-state index is 14.9. The minimum absolute atomic E-state index is 0.124. The van der Waals surface area contributed by atoms with Gasteiger partial charge in [0.25, 0.3) is 0 Å². The summed E-state index contributed by atoms with van der Waals surface area (Å²) in [7, 11) is 0. The Balaban J connectivity index is 1.73. The average Bonchev–Trinajstić information content (AvgIpc) is 3.63. The van der Waals surface area contributed by atoms with E-state index in [4.69, 9.17) is 4.99 Å². The number of carbonyl (C=O) groups is 7. The fourth-order valence-corrected chi connectivity index (χ4v) is 8.55. The molecule has 364 valence electrons. The molecular weight excluding hydrogens is 865 g/mol. The molecule has 4 rings (SSSR count). The predicted octanol–water partition coefficient (Wildman–Crippen LogP) is 2.18. The highest BCUT2D eigenvalue weighted by atomic mass is 32.1. The number of hydrogen-bond donors (Lipinski definition) is 7. The summed E-state index contributed by atoms with van der Waals surface area (Å²) >= 11 is 4.08. The molecule has 6 amide bonds. The van der Waals surface area contributed by atoms with Gasteiger partial charge >= 0.3 is 5.97 Å². The number of hydrogen-bond acceptors (Lipinski definition) is 11. The van der Waals surface area contributed by atoms with E-state index in [9.17, 15) is 38.7 Å². The molecule has 3 fully saturated rings. The molecular formula is C47H72N10O8S. The fraction of sp³-hybridized carbons (Fsp3) is 0.638. The first-order valence-corrected chi connectivity index (χ1v) is 23.4. The van der Waals surface area contributed by atoms with Gasteiger partial charge in [-0.25, -0.2) is 0 Å². The van der Waals surface area contributed by atoms with Crippen molar-refractivity contribution in [2.45, 2.75) is 124 Å². The maximum Gasteiger partial charge on any atom is 0.317 e. The van der Waals surface area contributed by atoms with Crippen LogP contribution in [0, 0.1) is 22.7 Å². The summed E-state index contributed by atoms with van der Waals surface area (Å²) in [4.78, 5) is 110. The van der Waals surface area contributed by atoms with E-state index in [1.165, 1.54) is 17.8 Å². The Morgan fingerprint density at radius 3 is 2.14 bits per heavy atom. The van der Waals surface area contributed by atoms with Crippen LogP contribution < -0.4 is 26.6 Å². The number of piperazine rings is 1. The first-order chi connectivity index (χ1) is 30.9. The molecule has 0 aliphatic carbocycles. The van der Waals surface area contributed by atoms with E-state index in [0.29, 0.717) is 39.1 Å². The Hall–Kier alpha value is -5.30. The van der Waals surface area contributed by atoms with Crippen LogP contribution >= 0.6 is 12.6 Å². The van der Waals surface area contributed by atoms with Gasteiger partial charge in [0, 0.05) is 51.1 Å². The summed E-state index contributed by atoms with van der Waals surface area (Å²) in [5, 5.41) is 25.8. The van der Waals surface area contributed by atoms with E-state index in [-0.39, 0.29) is 54.9 Å². The highest BCUT2D eigenvalue weighted by Crippen LogP contribution is 2.29. The SMILES string of the molecule is CC(C)[C@@H]1NC(=O)[C@@H]2[C@H](C)CCN2C(=O)CN/C(=N\C(C(=O)NC(C(=O)N[C@@H](/C=N/C=C\S)CC(=O)N2CCN(CC(=O)O)CC2)[C@@H](C)c2ccccc2)C(C)(C)C)C(C(C)(C)C)NC1=O. The van der Waals surface area contributed by atoms with Crippen LogP contribution in [-0.4, -0.2) is 155 Å². The van der Waals surface area contributed by atoms with Gasteiger partial charge in [-0.05, 0) is 40.1 Å². The molecule has 3 aliphatic rings. The van der Waals surface area contributed by atoms with Crippen LogP contribution in [0.15, 0.2) is 51.9 Å². The molecule has 18 nitrogen and oxygen atoms in total. The van der Waals surface area contributed by atoms with Crippen LogP contribution in [0.2, 0.25) is 0 Å². The number of aliphatic carboxylic acids is 1. The van der Waals surface area contributed by atoms with Gasteiger partial charge in [-0.3, -0.25) is 48.4 Å². The van der Waals surface area contributed by atoms with Crippen molar-refractivity contribution in [3.05, 3.63) is 47.5 Å². The van der Waals surface area contributed by atoms with Gasteiger partial charge in [0.05, 0.1) is 31.6 Å². The normalized spacial score (nSPS) is 24.1. The van der Waals surface area contributed by atoms with Crippen LogP contribution in [-0.2, 0) is 33.6 Å². The van der Waals surface area contributed by atoms with Gasteiger partial charge in [0.2, 0.25) is 35.4 Å². The number of rotatable bonds is 14. The zero-order chi connectivity index (χ0) is 49.1. The minimum Gasteiger partial charge on any atom is -0.480 e. The van der Waals surface area contributed by atoms with E-state index < -0.39 is 76.7 Å². The van der Waals surface area contributed by atoms with Crippen LogP contribution in [0.4, 0.5) is 0 Å². The number of aliphatic imine (C=N–C) groups is 2. The van der Waals surface area contributed by atoms with Crippen molar-refractivity contribution in [1.29, 1.82) is 0 Å². The minimum atomic E-state index is -1.19. The van der Waals surface area contributed by atoms with E-state index in [1.807, 2.05) is 99.6 Å². The molecule has 0 bridgehead atoms. The zero-order valence-electron chi connectivity index (χ0n) is 40.2. The molecule has 0 radical (unpaired) electrons. The summed E-state index contributed by atoms with van der Waals surface area (Å²) < 4.78 is 0.